The highest BCUT2D eigenvalue weighted by molar-refractivity contribution is 7.17. The maximum atomic E-state index is 13.0. The standard InChI is InChI=1S/C20H27N3O5S/c1-4-28-19(26)14-5-8-21(9-6-14)16(24)12-22-15-7-10-29-17(15)18(25)23(20(22)27)11-13(2)3/h7,10,13-14H,4-6,8-9,11-12H2,1-3H3. The highest BCUT2D eigenvalue weighted by Crippen LogP contribution is 2.20. The lowest BCUT2D eigenvalue weighted by atomic mass is 9.97. The van der Waals surface area contributed by atoms with Gasteiger partial charge in [0.1, 0.15) is 11.2 Å². The van der Waals surface area contributed by atoms with Crippen LogP contribution < -0.4 is 11.2 Å². The molecule has 1 aliphatic heterocycles. The lowest BCUT2D eigenvalue weighted by Crippen LogP contribution is -2.46. The van der Waals surface area contributed by atoms with Crippen LogP contribution in [-0.4, -0.2) is 45.6 Å². The van der Waals surface area contributed by atoms with E-state index in [-0.39, 0.29) is 35.8 Å². The lowest BCUT2D eigenvalue weighted by Gasteiger charge is -2.31. The van der Waals surface area contributed by atoms with Crippen LogP contribution in [0.15, 0.2) is 21.0 Å². The molecular formula is C20H27N3O5S. The van der Waals surface area contributed by atoms with Gasteiger partial charge in [-0.05, 0) is 37.1 Å². The highest BCUT2D eigenvalue weighted by Gasteiger charge is 2.29. The van der Waals surface area contributed by atoms with Crippen molar-refractivity contribution in [1.29, 1.82) is 0 Å². The second kappa shape index (κ2) is 8.94. The minimum atomic E-state index is -0.454. The zero-order valence-corrected chi connectivity index (χ0v) is 17.9. The number of ether oxygens (including phenoxy) is 1. The molecule has 1 fully saturated rings. The molecule has 1 saturated heterocycles. The summed E-state index contributed by atoms with van der Waals surface area (Å²) in [5.41, 5.74) is -0.253. The Labute approximate surface area is 172 Å². The third-order valence-corrected chi connectivity index (χ3v) is 6.04. The van der Waals surface area contributed by atoms with Crippen molar-refractivity contribution < 1.29 is 14.3 Å². The molecule has 0 aromatic carbocycles. The third kappa shape index (κ3) is 4.44. The number of aromatic nitrogens is 2. The van der Waals surface area contributed by atoms with Gasteiger partial charge in [-0.25, -0.2) is 4.79 Å². The first-order chi connectivity index (χ1) is 13.8. The SMILES string of the molecule is CCOC(=O)C1CCN(C(=O)Cn2c(=O)n(CC(C)C)c(=O)c3sccc32)CC1. The lowest BCUT2D eigenvalue weighted by molar-refractivity contribution is -0.151. The molecule has 3 heterocycles. The largest absolute Gasteiger partial charge is 0.466 e. The molecule has 8 nitrogen and oxygen atoms in total. The van der Waals surface area contributed by atoms with Crippen LogP contribution in [0.5, 0.6) is 0 Å². The number of esters is 1. The second-order valence-electron chi connectivity index (χ2n) is 7.72. The highest BCUT2D eigenvalue weighted by atomic mass is 32.1. The van der Waals surface area contributed by atoms with Crippen molar-refractivity contribution >= 4 is 33.4 Å². The Morgan fingerprint density at radius 1 is 1.21 bits per heavy atom. The second-order valence-corrected chi connectivity index (χ2v) is 8.64. The van der Waals surface area contributed by atoms with Crippen LogP contribution in [-0.2, 0) is 27.4 Å². The molecule has 0 atom stereocenters. The molecule has 0 aliphatic carbocycles. The molecule has 1 amide bonds. The molecule has 29 heavy (non-hydrogen) atoms. The van der Waals surface area contributed by atoms with Crippen molar-refractivity contribution in [1.82, 2.24) is 14.0 Å². The van der Waals surface area contributed by atoms with E-state index >= 15 is 0 Å². The average Bonchev–Trinajstić information content (AvgIpc) is 3.18. The van der Waals surface area contributed by atoms with Crippen molar-refractivity contribution in [2.24, 2.45) is 11.8 Å². The fraction of sp³-hybridized carbons (Fsp3) is 0.600. The van der Waals surface area contributed by atoms with Crippen LogP contribution in [0.3, 0.4) is 0 Å². The molecule has 0 unspecified atom stereocenters. The van der Waals surface area contributed by atoms with E-state index in [1.54, 1.807) is 23.3 Å². The molecule has 158 valence electrons. The summed E-state index contributed by atoms with van der Waals surface area (Å²) in [5.74, 6) is -0.449. The Hall–Kier alpha value is -2.42. The van der Waals surface area contributed by atoms with Crippen LogP contribution in [0, 0.1) is 11.8 Å². The molecule has 0 saturated carbocycles. The minimum absolute atomic E-state index is 0.117. The van der Waals surface area contributed by atoms with Crippen molar-refractivity contribution in [3.8, 4) is 0 Å². The molecule has 2 aromatic rings. The van der Waals surface area contributed by atoms with E-state index in [1.807, 2.05) is 13.8 Å². The summed E-state index contributed by atoms with van der Waals surface area (Å²) in [7, 11) is 0. The van der Waals surface area contributed by atoms with Crippen LogP contribution >= 0.6 is 11.3 Å². The van der Waals surface area contributed by atoms with Gasteiger partial charge in [-0.1, -0.05) is 13.8 Å². The number of thiophene rings is 1. The minimum Gasteiger partial charge on any atom is -0.466 e. The first kappa shape index (κ1) is 21.3. The normalized spacial score (nSPS) is 15.2. The molecule has 1 aliphatic rings. The molecule has 9 heteroatoms. The van der Waals surface area contributed by atoms with Gasteiger partial charge >= 0.3 is 11.7 Å². The van der Waals surface area contributed by atoms with Crippen LogP contribution in [0.1, 0.15) is 33.6 Å². The van der Waals surface area contributed by atoms with E-state index in [0.717, 1.165) is 0 Å². The maximum absolute atomic E-state index is 13.0. The summed E-state index contributed by atoms with van der Waals surface area (Å²) in [6.07, 6.45) is 1.11. The Morgan fingerprint density at radius 3 is 2.52 bits per heavy atom. The quantitative estimate of drug-likeness (QED) is 0.662. The number of carbonyl (C=O) groups excluding carboxylic acids is 2. The number of carbonyl (C=O) groups is 2. The monoisotopic (exact) mass is 421 g/mol. The number of nitrogens with zero attached hydrogens (tertiary/aromatic N) is 3. The summed E-state index contributed by atoms with van der Waals surface area (Å²) >= 11 is 1.28. The predicted molar refractivity (Wildman–Crippen MR) is 111 cm³/mol. The summed E-state index contributed by atoms with van der Waals surface area (Å²) in [6, 6.07) is 1.71. The summed E-state index contributed by atoms with van der Waals surface area (Å²) in [5, 5.41) is 1.76. The fourth-order valence-corrected chi connectivity index (χ4v) is 4.52. The Kier molecular flexibility index (Phi) is 6.56. The van der Waals surface area contributed by atoms with Gasteiger partial charge in [0.2, 0.25) is 5.91 Å². The Balaban J connectivity index is 1.81. The fourth-order valence-electron chi connectivity index (χ4n) is 3.67. The molecular weight excluding hydrogens is 394 g/mol. The number of piperidine rings is 1. The first-order valence-electron chi connectivity index (χ1n) is 9.98. The van der Waals surface area contributed by atoms with E-state index in [9.17, 15) is 19.2 Å². The van der Waals surface area contributed by atoms with Gasteiger partial charge in [0.15, 0.2) is 0 Å². The topological polar surface area (TPSA) is 90.6 Å². The van der Waals surface area contributed by atoms with Crippen molar-refractivity contribution in [2.45, 2.75) is 46.7 Å². The van der Waals surface area contributed by atoms with Crippen molar-refractivity contribution in [2.75, 3.05) is 19.7 Å². The number of fused-ring (bicyclic) bond motifs is 1. The average molecular weight is 422 g/mol. The third-order valence-electron chi connectivity index (χ3n) is 5.15. The van der Waals surface area contributed by atoms with E-state index in [4.69, 9.17) is 4.74 Å². The van der Waals surface area contributed by atoms with Gasteiger partial charge in [0.05, 0.1) is 18.0 Å². The van der Waals surface area contributed by atoms with Gasteiger partial charge in [0, 0.05) is 19.6 Å². The molecule has 0 spiro atoms. The molecule has 0 N–H and O–H groups in total. The number of hydrogen-bond donors (Lipinski definition) is 0. The van der Waals surface area contributed by atoms with Crippen LogP contribution in [0.4, 0.5) is 0 Å². The van der Waals surface area contributed by atoms with E-state index < -0.39 is 5.69 Å². The molecule has 2 aromatic heterocycles. The zero-order valence-electron chi connectivity index (χ0n) is 17.1. The van der Waals surface area contributed by atoms with E-state index in [1.165, 1.54) is 20.5 Å². The molecule has 0 bridgehead atoms. The van der Waals surface area contributed by atoms with Gasteiger partial charge in [-0.15, -0.1) is 11.3 Å². The molecule has 0 radical (unpaired) electrons. The maximum Gasteiger partial charge on any atom is 0.332 e. The van der Waals surface area contributed by atoms with Crippen molar-refractivity contribution in [3.63, 3.8) is 0 Å². The summed E-state index contributed by atoms with van der Waals surface area (Å²) in [4.78, 5) is 52.1. The molecule has 3 rings (SSSR count). The van der Waals surface area contributed by atoms with Crippen molar-refractivity contribution in [3.05, 3.63) is 32.3 Å². The Bertz CT molecular complexity index is 1010. The van der Waals surface area contributed by atoms with Gasteiger partial charge < -0.3 is 9.64 Å². The Morgan fingerprint density at radius 2 is 1.90 bits per heavy atom. The predicted octanol–water partition coefficient (Wildman–Crippen LogP) is 1.68. The summed E-state index contributed by atoms with van der Waals surface area (Å²) in [6.45, 7) is 7.10. The smallest absolute Gasteiger partial charge is 0.332 e. The van der Waals surface area contributed by atoms with Gasteiger partial charge in [-0.2, -0.15) is 0 Å². The van der Waals surface area contributed by atoms with Crippen LogP contribution in [0.2, 0.25) is 0 Å². The van der Waals surface area contributed by atoms with Crippen LogP contribution in [0.25, 0.3) is 10.2 Å². The van der Waals surface area contributed by atoms with Gasteiger partial charge in [-0.3, -0.25) is 23.5 Å². The number of amides is 1. The number of hydrogen-bond acceptors (Lipinski definition) is 6. The number of likely N-dealkylation sites (tertiary alicyclic amines) is 1. The van der Waals surface area contributed by atoms with E-state index in [2.05, 4.69) is 0 Å². The number of rotatable bonds is 6. The first-order valence-corrected chi connectivity index (χ1v) is 10.9. The zero-order chi connectivity index (χ0) is 21.1. The van der Waals surface area contributed by atoms with Gasteiger partial charge in [0.25, 0.3) is 5.56 Å². The van der Waals surface area contributed by atoms with E-state index in [0.29, 0.717) is 49.3 Å². The summed E-state index contributed by atoms with van der Waals surface area (Å²) < 4.78 is 8.17.